The molecule has 1 rings (SSSR count). The molecule has 0 aliphatic rings. The van der Waals surface area contributed by atoms with Gasteiger partial charge in [-0.15, -0.1) is 0 Å². The molecule has 0 saturated carbocycles. The van der Waals surface area contributed by atoms with Crippen LogP contribution in [0, 0.1) is 0 Å². The first-order chi connectivity index (χ1) is 7.63. The Kier molecular flexibility index (Phi) is 5.77. The molecule has 1 N–H and O–H groups in total. The number of benzene rings is 1. The van der Waals surface area contributed by atoms with Gasteiger partial charge in [0.05, 0.1) is 0 Å². The van der Waals surface area contributed by atoms with Crippen LogP contribution in [0.5, 0.6) is 0 Å². The van der Waals surface area contributed by atoms with Gasteiger partial charge in [-0.3, -0.25) is 0 Å². The highest BCUT2D eigenvalue weighted by Gasteiger charge is 2.07. The van der Waals surface area contributed by atoms with E-state index in [9.17, 15) is 8.78 Å². The van der Waals surface area contributed by atoms with Crippen LogP contribution in [-0.2, 0) is 0 Å². The monoisotopic (exact) mass is 245 g/mol. The minimum absolute atomic E-state index is 0.269. The van der Waals surface area contributed by atoms with Crippen molar-refractivity contribution in [2.45, 2.75) is 37.0 Å². The molecular formula is C12H17F2NS. The van der Waals surface area contributed by atoms with Crippen LogP contribution in [0.25, 0.3) is 0 Å². The summed E-state index contributed by atoms with van der Waals surface area (Å²) in [4.78, 5) is 0.612. The van der Waals surface area contributed by atoms with Crippen molar-refractivity contribution in [1.29, 1.82) is 0 Å². The lowest BCUT2D eigenvalue weighted by Crippen LogP contribution is -2.19. The molecule has 1 unspecified atom stereocenters. The molecule has 90 valence electrons. The topological polar surface area (TPSA) is 12.0 Å². The van der Waals surface area contributed by atoms with Crippen LogP contribution < -0.4 is 5.32 Å². The van der Waals surface area contributed by atoms with Crippen molar-refractivity contribution < 1.29 is 8.78 Å². The Labute approximate surface area is 99.6 Å². The fourth-order valence-electron chi connectivity index (χ4n) is 1.42. The number of alkyl halides is 2. The molecule has 0 fully saturated rings. The molecule has 1 nitrogen and oxygen atoms in total. The van der Waals surface area contributed by atoms with E-state index in [1.807, 2.05) is 12.1 Å². The van der Waals surface area contributed by atoms with Crippen molar-refractivity contribution in [2.24, 2.45) is 0 Å². The average Bonchev–Trinajstić information content (AvgIpc) is 2.26. The Morgan fingerprint density at radius 2 is 1.88 bits per heavy atom. The SMILES string of the molecule is CCCNC(C)c1ccc(SC(F)F)cc1. The van der Waals surface area contributed by atoms with E-state index in [0.29, 0.717) is 16.7 Å². The first-order valence-electron chi connectivity index (χ1n) is 5.41. The highest BCUT2D eigenvalue weighted by molar-refractivity contribution is 7.99. The van der Waals surface area contributed by atoms with Gasteiger partial charge < -0.3 is 5.32 Å². The van der Waals surface area contributed by atoms with Crippen LogP contribution in [0.15, 0.2) is 29.2 Å². The summed E-state index contributed by atoms with van der Waals surface area (Å²) in [5, 5.41) is 3.35. The maximum Gasteiger partial charge on any atom is 0.288 e. The van der Waals surface area contributed by atoms with Crippen LogP contribution in [0.4, 0.5) is 8.78 Å². The molecule has 0 aliphatic carbocycles. The van der Waals surface area contributed by atoms with Gasteiger partial charge in [0, 0.05) is 10.9 Å². The Balaban J connectivity index is 2.56. The van der Waals surface area contributed by atoms with Gasteiger partial charge in [0.1, 0.15) is 0 Å². The number of thioether (sulfide) groups is 1. The summed E-state index contributed by atoms with van der Waals surface area (Å²) in [6.07, 6.45) is 1.09. The molecule has 0 aliphatic heterocycles. The molecule has 0 heterocycles. The summed E-state index contributed by atoms with van der Waals surface area (Å²) in [6.45, 7) is 5.15. The van der Waals surface area contributed by atoms with E-state index in [1.54, 1.807) is 12.1 Å². The van der Waals surface area contributed by atoms with Gasteiger partial charge in [0.25, 0.3) is 5.76 Å². The Morgan fingerprint density at radius 3 is 2.38 bits per heavy atom. The summed E-state index contributed by atoms with van der Waals surface area (Å²) in [5.74, 6) is -2.35. The van der Waals surface area contributed by atoms with E-state index >= 15 is 0 Å². The third-order valence-corrected chi connectivity index (χ3v) is 3.03. The lowest BCUT2D eigenvalue weighted by molar-refractivity contribution is 0.252. The summed E-state index contributed by atoms with van der Waals surface area (Å²) in [5.41, 5.74) is 1.13. The van der Waals surface area contributed by atoms with Gasteiger partial charge in [-0.05, 0) is 37.6 Å². The number of hydrogen-bond acceptors (Lipinski definition) is 2. The highest BCUT2D eigenvalue weighted by atomic mass is 32.2. The summed E-state index contributed by atoms with van der Waals surface area (Å²) in [6, 6.07) is 7.56. The van der Waals surface area contributed by atoms with E-state index < -0.39 is 5.76 Å². The second-order valence-corrected chi connectivity index (χ2v) is 4.69. The van der Waals surface area contributed by atoms with Crippen LogP contribution in [-0.4, -0.2) is 12.3 Å². The molecule has 0 spiro atoms. The lowest BCUT2D eigenvalue weighted by Gasteiger charge is -2.13. The largest absolute Gasteiger partial charge is 0.310 e. The minimum Gasteiger partial charge on any atom is -0.310 e. The standard InChI is InChI=1S/C12H17F2NS/c1-3-8-15-9(2)10-4-6-11(7-5-10)16-12(13)14/h4-7,9,12,15H,3,8H2,1-2H3. The van der Waals surface area contributed by atoms with Crippen molar-refractivity contribution in [3.8, 4) is 0 Å². The summed E-state index contributed by atoms with van der Waals surface area (Å²) in [7, 11) is 0. The van der Waals surface area contributed by atoms with E-state index in [1.165, 1.54) is 0 Å². The Morgan fingerprint density at radius 1 is 1.25 bits per heavy atom. The second-order valence-electron chi connectivity index (χ2n) is 3.62. The number of hydrogen-bond donors (Lipinski definition) is 1. The zero-order valence-electron chi connectivity index (χ0n) is 9.54. The van der Waals surface area contributed by atoms with Gasteiger partial charge in [-0.25, -0.2) is 0 Å². The predicted octanol–water partition coefficient (Wildman–Crippen LogP) is 4.06. The van der Waals surface area contributed by atoms with E-state index in [-0.39, 0.29) is 6.04 Å². The van der Waals surface area contributed by atoms with Crippen molar-refractivity contribution in [2.75, 3.05) is 6.54 Å². The molecule has 0 radical (unpaired) electrons. The van der Waals surface area contributed by atoms with Gasteiger partial charge in [-0.2, -0.15) is 8.78 Å². The van der Waals surface area contributed by atoms with Crippen LogP contribution >= 0.6 is 11.8 Å². The molecule has 1 aromatic rings. The fourth-order valence-corrected chi connectivity index (χ4v) is 1.92. The van der Waals surface area contributed by atoms with Crippen molar-refractivity contribution in [3.63, 3.8) is 0 Å². The number of rotatable bonds is 6. The van der Waals surface area contributed by atoms with E-state index in [0.717, 1.165) is 18.5 Å². The first kappa shape index (κ1) is 13.5. The fraction of sp³-hybridized carbons (Fsp3) is 0.500. The second kappa shape index (κ2) is 6.86. The molecule has 4 heteroatoms. The van der Waals surface area contributed by atoms with Crippen LogP contribution in [0.2, 0.25) is 0 Å². The normalized spacial score (nSPS) is 13.1. The number of nitrogens with one attached hydrogen (secondary N) is 1. The highest BCUT2D eigenvalue weighted by Crippen LogP contribution is 2.26. The van der Waals surface area contributed by atoms with Crippen molar-refractivity contribution in [1.82, 2.24) is 5.32 Å². The molecule has 1 atom stereocenters. The molecule has 0 amide bonds. The summed E-state index contributed by atoms with van der Waals surface area (Å²) >= 11 is 0.583. The maximum absolute atomic E-state index is 12.1. The summed E-state index contributed by atoms with van der Waals surface area (Å²) < 4.78 is 24.2. The van der Waals surface area contributed by atoms with Gasteiger partial charge in [0.15, 0.2) is 0 Å². The first-order valence-corrected chi connectivity index (χ1v) is 6.29. The third-order valence-electron chi connectivity index (χ3n) is 2.31. The van der Waals surface area contributed by atoms with Gasteiger partial charge in [-0.1, -0.05) is 30.8 Å². The molecule has 0 saturated heterocycles. The Hall–Kier alpha value is -0.610. The van der Waals surface area contributed by atoms with Gasteiger partial charge in [0.2, 0.25) is 0 Å². The zero-order chi connectivity index (χ0) is 12.0. The van der Waals surface area contributed by atoms with E-state index in [2.05, 4.69) is 19.2 Å². The maximum atomic E-state index is 12.1. The minimum atomic E-state index is -2.35. The van der Waals surface area contributed by atoms with Gasteiger partial charge >= 0.3 is 0 Å². The molecule has 0 bridgehead atoms. The average molecular weight is 245 g/mol. The third kappa shape index (κ3) is 4.49. The van der Waals surface area contributed by atoms with Crippen LogP contribution in [0.1, 0.15) is 31.9 Å². The zero-order valence-corrected chi connectivity index (χ0v) is 10.4. The molecule has 16 heavy (non-hydrogen) atoms. The van der Waals surface area contributed by atoms with E-state index in [4.69, 9.17) is 0 Å². The lowest BCUT2D eigenvalue weighted by atomic mass is 10.1. The number of halogens is 2. The Bertz CT molecular complexity index is 300. The van der Waals surface area contributed by atoms with Crippen molar-refractivity contribution >= 4 is 11.8 Å². The molecule has 0 aromatic heterocycles. The predicted molar refractivity (Wildman–Crippen MR) is 65.0 cm³/mol. The molecular weight excluding hydrogens is 228 g/mol. The molecule has 1 aromatic carbocycles. The van der Waals surface area contributed by atoms with Crippen molar-refractivity contribution in [3.05, 3.63) is 29.8 Å². The van der Waals surface area contributed by atoms with Crippen LogP contribution in [0.3, 0.4) is 0 Å². The smallest absolute Gasteiger partial charge is 0.288 e. The quantitative estimate of drug-likeness (QED) is 0.758.